The SMILES string of the molecule is NCc1cc(F)ccc1N1CCOCC1C(N)=O. The molecule has 0 spiro atoms. The van der Waals surface area contributed by atoms with Crippen molar-refractivity contribution in [2.75, 3.05) is 24.7 Å². The van der Waals surface area contributed by atoms with E-state index in [0.717, 1.165) is 5.69 Å². The molecule has 1 aromatic carbocycles. The number of morpholine rings is 1. The van der Waals surface area contributed by atoms with Crippen molar-refractivity contribution in [3.63, 3.8) is 0 Å². The molecule has 0 aromatic heterocycles. The molecule has 4 N–H and O–H groups in total. The van der Waals surface area contributed by atoms with Crippen molar-refractivity contribution in [2.45, 2.75) is 12.6 Å². The fourth-order valence-corrected chi connectivity index (χ4v) is 2.13. The van der Waals surface area contributed by atoms with Gasteiger partial charge in [0.2, 0.25) is 5.91 Å². The van der Waals surface area contributed by atoms with Gasteiger partial charge in [-0.05, 0) is 23.8 Å². The maximum atomic E-state index is 13.2. The molecule has 98 valence electrons. The minimum atomic E-state index is -0.533. The van der Waals surface area contributed by atoms with Gasteiger partial charge in [-0.1, -0.05) is 0 Å². The van der Waals surface area contributed by atoms with Crippen molar-refractivity contribution in [1.82, 2.24) is 0 Å². The Kier molecular flexibility index (Phi) is 3.78. The Morgan fingerprint density at radius 2 is 2.33 bits per heavy atom. The van der Waals surface area contributed by atoms with Crippen LogP contribution >= 0.6 is 0 Å². The fraction of sp³-hybridized carbons (Fsp3) is 0.417. The zero-order chi connectivity index (χ0) is 13.1. The first-order valence-electron chi connectivity index (χ1n) is 5.75. The first kappa shape index (κ1) is 12.8. The third-order valence-electron chi connectivity index (χ3n) is 3.03. The molecule has 1 heterocycles. The number of anilines is 1. The number of primary amides is 1. The number of amides is 1. The van der Waals surface area contributed by atoms with E-state index in [2.05, 4.69) is 0 Å². The van der Waals surface area contributed by atoms with Crippen LogP contribution in [-0.4, -0.2) is 31.7 Å². The van der Waals surface area contributed by atoms with E-state index in [4.69, 9.17) is 16.2 Å². The summed E-state index contributed by atoms with van der Waals surface area (Å²) in [6, 6.07) is 3.82. The van der Waals surface area contributed by atoms with Gasteiger partial charge in [0.25, 0.3) is 0 Å². The number of hydrogen-bond donors (Lipinski definition) is 2. The smallest absolute Gasteiger partial charge is 0.242 e. The molecule has 1 unspecified atom stereocenters. The molecule has 18 heavy (non-hydrogen) atoms. The minimum Gasteiger partial charge on any atom is -0.377 e. The molecule has 1 saturated heterocycles. The number of ether oxygens (including phenoxy) is 1. The van der Waals surface area contributed by atoms with Gasteiger partial charge in [-0.15, -0.1) is 0 Å². The third-order valence-corrected chi connectivity index (χ3v) is 3.03. The van der Waals surface area contributed by atoms with E-state index in [9.17, 15) is 9.18 Å². The third kappa shape index (κ3) is 2.44. The van der Waals surface area contributed by atoms with Crippen LogP contribution in [0.1, 0.15) is 5.56 Å². The second kappa shape index (κ2) is 5.32. The lowest BCUT2D eigenvalue weighted by atomic mass is 10.1. The average Bonchev–Trinajstić information content (AvgIpc) is 2.38. The lowest BCUT2D eigenvalue weighted by Crippen LogP contribution is -2.53. The second-order valence-corrected chi connectivity index (χ2v) is 4.16. The van der Waals surface area contributed by atoms with Crippen molar-refractivity contribution in [3.8, 4) is 0 Å². The van der Waals surface area contributed by atoms with E-state index in [0.29, 0.717) is 18.7 Å². The molecule has 0 saturated carbocycles. The molecule has 0 bridgehead atoms. The van der Waals surface area contributed by atoms with Crippen LogP contribution in [0.15, 0.2) is 18.2 Å². The van der Waals surface area contributed by atoms with Crippen molar-refractivity contribution in [1.29, 1.82) is 0 Å². The quantitative estimate of drug-likeness (QED) is 0.793. The van der Waals surface area contributed by atoms with Crippen LogP contribution in [0.25, 0.3) is 0 Å². The van der Waals surface area contributed by atoms with Crippen LogP contribution in [0.3, 0.4) is 0 Å². The zero-order valence-electron chi connectivity index (χ0n) is 9.93. The topological polar surface area (TPSA) is 81.6 Å². The molecule has 0 aliphatic carbocycles. The molecule has 1 fully saturated rings. The highest BCUT2D eigenvalue weighted by Crippen LogP contribution is 2.25. The lowest BCUT2D eigenvalue weighted by Gasteiger charge is -2.36. The molecular formula is C12H16FN3O2. The number of nitrogens with two attached hydrogens (primary N) is 2. The highest BCUT2D eigenvalue weighted by Gasteiger charge is 2.29. The molecular weight excluding hydrogens is 237 g/mol. The van der Waals surface area contributed by atoms with Crippen LogP contribution in [0.4, 0.5) is 10.1 Å². The van der Waals surface area contributed by atoms with E-state index in [1.54, 1.807) is 6.07 Å². The Labute approximate surface area is 104 Å². The molecule has 1 amide bonds. The van der Waals surface area contributed by atoms with Crippen molar-refractivity contribution in [3.05, 3.63) is 29.6 Å². The second-order valence-electron chi connectivity index (χ2n) is 4.16. The Bertz CT molecular complexity index is 453. The molecule has 1 aromatic rings. The average molecular weight is 253 g/mol. The summed E-state index contributed by atoms with van der Waals surface area (Å²) in [5, 5.41) is 0. The Morgan fingerprint density at radius 1 is 1.56 bits per heavy atom. The number of carbonyl (C=O) groups is 1. The maximum absolute atomic E-state index is 13.2. The van der Waals surface area contributed by atoms with Gasteiger partial charge in [0.1, 0.15) is 11.9 Å². The highest BCUT2D eigenvalue weighted by atomic mass is 19.1. The summed E-state index contributed by atoms with van der Waals surface area (Å²) in [6.07, 6.45) is 0. The largest absolute Gasteiger partial charge is 0.377 e. The Hall–Kier alpha value is -1.66. The molecule has 1 atom stereocenters. The Morgan fingerprint density at radius 3 is 3.00 bits per heavy atom. The summed E-state index contributed by atoms with van der Waals surface area (Å²) in [5.74, 6) is -0.801. The van der Waals surface area contributed by atoms with E-state index in [-0.39, 0.29) is 19.0 Å². The van der Waals surface area contributed by atoms with Gasteiger partial charge < -0.3 is 21.1 Å². The van der Waals surface area contributed by atoms with Gasteiger partial charge in [0, 0.05) is 18.8 Å². The summed E-state index contributed by atoms with van der Waals surface area (Å²) in [5.41, 5.74) is 12.4. The van der Waals surface area contributed by atoms with Crippen molar-refractivity contribution >= 4 is 11.6 Å². The molecule has 1 aliphatic rings. The minimum absolute atomic E-state index is 0.204. The zero-order valence-corrected chi connectivity index (χ0v) is 9.93. The molecule has 0 radical (unpaired) electrons. The Balaban J connectivity index is 2.36. The number of hydrogen-bond acceptors (Lipinski definition) is 4. The number of carbonyl (C=O) groups excluding carboxylic acids is 1. The first-order valence-corrected chi connectivity index (χ1v) is 5.75. The first-order chi connectivity index (χ1) is 8.63. The van der Waals surface area contributed by atoms with Crippen LogP contribution in [0, 0.1) is 5.82 Å². The van der Waals surface area contributed by atoms with E-state index in [1.807, 2.05) is 4.90 Å². The highest BCUT2D eigenvalue weighted by molar-refractivity contribution is 5.84. The van der Waals surface area contributed by atoms with E-state index >= 15 is 0 Å². The fourth-order valence-electron chi connectivity index (χ4n) is 2.13. The standard InChI is InChI=1S/C12H16FN3O2/c13-9-1-2-10(8(5-9)6-14)16-3-4-18-7-11(16)12(15)17/h1-2,5,11H,3-4,6-7,14H2,(H2,15,17). The van der Waals surface area contributed by atoms with Gasteiger partial charge in [-0.3, -0.25) is 4.79 Å². The van der Waals surface area contributed by atoms with Crippen LogP contribution in [-0.2, 0) is 16.1 Å². The number of rotatable bonds is 3. The van der Waals surface area contributed by atoms with Crippen LogP contribution < -0.4 is 16.4 Å². The lowest BCUT2D eigenvalue weighted by molar-refractivity contribution is -0.121. The van der Waals surface area contributed by atoms with Crippen LogP contribution in [0.5, 0.6) is 0 Å². The van der Waals surface area contributed by atoms with Gasteiger partial charge >= 0.3 is 0 Å². The number of benzene rings is 1. The van der Waals surface area contributed by atoms with Crippen LogP contribution in [0.2, 0.25) is 0 Å². The van der Waals surface area contributed by atoms with Crippen molar-refractivity contribution in [2.24, 2.45) is 11.5 Å². The molecule has 6 heteroatoms. The monoisotopic (exact) mass is 253 g/mol. The predicted octanol–water partition coefficient (Wildman–Crippen LogP) is -0.0251. The van der Waals surface area contributed by atoms with Crippen molar-refractivity contribution < 1.29 is 13.9 Å². The summed E-state index contributed by atoms with van der Waals surface area (Å²) in [7, 11) is 0. The normalized spacial score (nSPS) is 19.9. The molecule has 1 aliphatic heterocycles. The summed E-state index contributed by atoms with van der Waals surface area (Å²) in [4.78, 5) is 13.2. The predicted molar refractivity (Wildman–Crippen MR) is 65.4 cm³/mol. The van der Waals surface area contributed by atoms with Gasteiger partial charge in [-0.25, -0.2) is 4.39 Å². The summed E-state index contributed by atoms with van der Waals surface area (Å²) < 4.78 is 18.4. The molecule has 5 nitrogen and oxygen atoms in total. The van der Waals surface area contributed by atoms with Gasteiger partial charge in [0.05, 0.1) is 13.2 Å². The van der Waals surface area contributed by atoms with Gasteiger partial charge in [0.15, 0.2) is 0 Å². The number of halogens is 1. The van der Waals surface area contributed by atoms with Gasteiger partial charge in [-0.2, -0.15) is 0 Å². The maximum Gasteiger partial charge on any atom is 0.242 e. The molecule has 2 rings (SSSR count). The number of nitrogens with zero attached hydrogens (tertiary/aromatic N) is 1. The summed E-state index contributed by atoms with van der Waals surface area (Å²) in [6.45, 7) is 1.49. The van der Waals surface area contributed by atoms with E-state index < -0.39 is 11.9 Å². The summed E-state index contributed by atoms with van der Waals surface area (Å²) >= 11 is 0. The van der Waals surface area contributed by atoms with E-state index in [1.165, 1.54) is 12.1 Å².